The molecule has 3 heterocycles. The van der Waals surface area contributed by atoms with Gasteiger partial charge in [-0.2, -0.15) is 13.6 Å². The highest BCUT2D eigenvalue weighted by Gasteiger charge is 2.43. The summed E-state index contributed by atoms with van der Waals surface area (Å²) < 4.78 is 64.5. The number of ether oxygens (including phenoxy) is 3. The Bertz CT molecular complexity index is 1290. The van der Waals surface area contributed by atoms with E-state index in [0.29, 0.717) is 0 Å². The highest BCUT2D eigenvalue weighted by Crippen LogP contribution is 2.66. The Morgan fingerprint density at radius 2 is 1.97 bits per heavy atom. The molecule has 1 fully saturated rings. The third-order valence-electron chi connectivity index (χ3n) is 4.51. The second-order valence-electron chi connectivity index (χ2n) is 7.15. The number of aromatic amines is 1. The molecule has 1 aliphatic rings. The van der Waals surface area contributed by atoms with Gasteiger partial charge in [0, 0.05) is 12.6 Å². The molecule has 3 unspecified atom stereocenters. The van der Waals surface area contributed by atoms with Crippen molar-refractivity contribution in [3.63, 3.8) is 0 Å². The molecular weight excluding hydrogens is 553 g/mol. The number of anilines is 1. The molecule has 2 aromatic heterocycles. The van der Waals surface area contributed by atoms with Crippen LogP contribution >= 0.6 is 23.5 Å². The molecule has 5 atom stereocenters. The molecule has 18 nitrogen and oxygen atoms in total. The van der Waals surface area contributed by atoms with E-state index in [4.69, 9.17) is 29.7 Å². The minimum absolute atomic E-state index is 0.111. The smallest absolute Gasteiger partial charge is 0.369 e. The van der Waals surface area contributed by atoms with Crippen molar-refractivity contribution in [2.24, 2.45) is 0 Å². The topological polar surface area (TPSA) is 264 Å². The second-order valence-corrected chi connectivity index (χ2v) is 11.6. The van der Waals surface area contributed by atoms with Crippen LogP contribution in [-0.2, 0) is 41.1 Å². The lowest BCUT2D eigenvalue weighted by atomic mass is 10.2. The standard InChI is InChI=1S/C15H23N4O14P3/c1-2-5-28-8-29-10-6-12(19-4-3-9-13(19)17-15(16)18-14(9)20)31-11(10)7-30-35(24,25)33-36(26,27)32-34(21,22)23/h2-4,10-12H,1,5-8H2,(H,24,25)(H,26,27)(H2,21,22,23)(H3,16,17,18,20)/t10?,11-,12-/m1/s1. The van der Waals surface area contributed by atoms with E-state index in [1.165, 1.54) is 22.9 Å². The zero-order valence-electron chi connectivity index (χ0n) is 18.2. The van der Waals surface area contributed by atoms with E-state index in [2.05, 4.69) is 29.7 Å². The van der Waals surface area contributed by atoms with Crippen LogP contribution in [0.2, 0.25) is 0 Å². The molecule has 202 valence electrons. The number of nitrogens with two attached hydrogens (primary N) is 1. The summed E-state index contributed by atoms with van der Waals surface area (Å²) in [7, 11) is -16.6. The molecule has 2 aromatic rings. The van der Waals surface area contributed by atoms with Crippen molar-refractivity contribution in [2.45, 2.75) is 24.9 Å². The number of hydrogen-bond donors (Lipinski definition) is 6. The Kier molecular flexibility index (Phi) is 9.07. The van der Waals surface area contributed by atoms with Crippen LogP contribution in [0.4, 0.5) is 5.95 Å². The second kappa shape index (κ2) is 11.3. The largest absolute Gasteiger partial charge is 0.490 e. The van der Waals surface area contributed by atoms with Gasteiger partial charge >= 0.3 is 23.5 Å². The molecule has 21 heteroatoms. The number of nitrogen functional groups attached to an aromatic ring is 1. The zero-order valence-corrected chi connectivity index (χ0v) is 20.9. The quantitative estimate of drug-likeness (QED) is 0.0819. The molecule has 0 aromatic carbocycles. The van der Waals surface area contributed by atoms with Crippen LogP contribution in [0.25, 0.3) is 11.0 Å². The van der Waals surface area contributed by atoms with Gasteiger partial charge in [0.1, 0.15) is 19.1 Å². The first-order valence-electron chi connectivity index (χ1n) is 9.80. The molecular formula is C15H23N4O14P3. The van der Waals surface area contributed by atoms with E-state index < -0.39 is 54.1 Å². The average Bonchev–Trinajstić information content (AvgIpc) is 3.31. The Labute approximate surface area is 202 Å². The van der Waals surface area contributed by atoms with Crippen molar-refractivity contribution in [2.75, 3.05) is 25.7 Å². The Morgan fingerprint density at radius 3 is 2.64 bits per heavy atom. The lowest BCUT2D eigenvalue weighted by Gasteiger charge is -2.21. The van der Waals surface area contributed by atoms with Crippen molar-refractivity contribution in [1.82, 2.24) is 14.5 Å². The van der Waals surface area contributed by atoms with Crippen molar-refractivity contribution in [3.05, 3.63) is 35.3 Å². The van der Waals surface area contributed by atoms with Crippen LogP contribution in [0.3, 0.4) is 0 Å². The molecule has 0 spiro atoms. The van der Waals surface area contributed by atoms with Gasteiger partial charge in [0.15, 0.2) is 5.65 Å². The molecule has 7 N–H and O–H groups in total. The predicted molar refractivity (Wildman–Crippen MR) is 119 cm³/mol. The maximum atomic E-state index is 12.1. The van der Waals surface area contributed by atoms with Gasteiger partial charge in [-0.1, -0.05) is 6.08 Å². The molecule has 36 heavy (non-hydrogen) atoms. The summed E-state index contributed by atoms with van der Waals surface area (Å²) in [5.74, 6) is -0.139. The van der Waals surface area contributed by atoms with Crippen LogP contribution in [0.15, 0.2) is 29.7 Å². The number of phosphoric acid groups is 3. The summed E-state index contributed by atoms with van der Waals surface area (Å²) in [6.07, 6.45) is 0.347. The molecule has 3 rings (SSSR count). The molecule has 0 saturated carbocycles. The first kappa shape index (κ1) is 28.8. The maximum Gasteiger partial charge on any atom is 0.490 e. The van der Waals surface area contributed by atoms with Crippen LogP contribution in [-0.4, -0.2) is 66.3 Å². The van der Waals surface area contributed by atoms with Crippen LogP contribution in [0, 0.1) is 0 Å². The minimum Gasteiger partial charge on any atom is -0.369 e. The molecule has 0 bridgehead atoms. The van der Waals surface area contributed by atoms with Crippen molar-refractivity contribution < 1.29 is 60.6 Å². The molecule has 1 aliphatic heterocycles. The fraction of sp³-hybridized carbons (Fsp3) is 0.467. The van der Waals surface area contributed by atoms with Crippen LogP contribution < -0.4 is 11.3 Å². The summed E-state index contributed by atoms with van der Waals surface area (Å²) in [5.41, 5.74) is 5.33. The fourth-order valence-electron chi connectivity index (χ4n) is 3.23. The summed E-state index contributed by atoms with van der Waals surface area (Å²) in [6, 6.07) is 1.48. The number of fused-ring (bicyclic) bond motifs is 1. The average molecular weight is 576 g/mol. The van der Waals surface area contributed by atoms with Gasteiger partial charge in [-0.3, -0.25) is 14.3 Å². The van der Waals surface area contributed by atoms with Gasteiger partial charge in [0.2, 0.25) is 5.95 Å². The number of nitrogens with zero attached hydrogens (tertiary/aromatic N) is 2. The first-order chi connectivity index (χ1) is 16.7. The van der Waals surface area contributed by atoms with Crippen molar-refractivity contribution in [1.29, 1.82) is 0 Å². The lowest BCUT2D eigenvalue weighted by molar-refractivity contribution is -0.112. The van der Waals surface area contributed by atoms with E-state index >= 15 is 0 Å². The van der Waals surface area contributed by atoms with E-state index in [1.54, 1.807) is 0 Å². The SMILES string of the molecule is C=CCOCOC1C[C@H](n2ccc3c(=O)[nH]c(N)nc32)O[C@@H]1COP(=O)(O)OP(=O)(O)OP(=O)(O)O. The summed E-state index contributed by atoms with van der Waals surface area (Å²) in [5, 5.41) is 0.219. The van der Waals surface area contributed by atoms with E-state index in [0.717, 1.165) is 0 Å². The molecule has 1 saturated heterocycles. The number of nitrogens with one attached hydrogen (secondary N) is 1. The summed E-state index contributed by atoms with van der Waals surface area (Å²) in [6.45, 7) is 2.68. The molecule has 0 amide bonds. The number of H-pyrrole nitrogens is 1. The zero-order chi connectivity index (χ0) is 26.7. The summed E-state index contributed by atoms with van der Waals surface area (Å²) >= 11 is 0. The van der Waals surface area contributed by atoms with E-state index in [-0.39, 0.29) is 36.8 Å². The Hall–Kier alpha value is -1.75. The first-order valence-corrected chi connectivity index (χ1v) is 14.3. The van der Waals surface area contributed by atoms with Gasteiger partial charge in [0.25, 0.3) is 5.56 Å². The van der Waals surface area contributed by atoms with Crippen LogP contribution in [0.1, 0.15) is 12.6 Å². The van der Waals surface area contributed by atoms with Gasteiger partial charge in [-0.05, 0) is 6.07 Å². The molecule has 0 radical (unpaired) electrons. The van der Waals surface area contributed by atoms with Crippen LogP contribution in [0.5, 0.6) is 0 Å². The van der Waals surface area contributed by atoms with Crippen molar-refractivity contribution in [3.8, 4) is 0 Å². The highest BCUT2D eigenvalue weighted by molar-refractivity contribution is 7.66. The number of phosphoric ester groups is 1. The third-order valence-corrected chi connectivity index (χ3v) is 8.31. The number of aromatic nitrogens is 3. The monoisotopic (exact) mass is 576 g/mol. The molecule has 0 aliphatic carbocycles. The summed E-state index contributed by atoms with van der Waals surface area (Å²) in [4.78, 5) is 54.8. The predicted octanol–water partition coefficient (Wildman–Crippen LogP) is 0.483. The van der Waals surface area contributed by atoms with Crippen molar-refractivity contribution >= 4 is 40.4 Å². The highest BCUT2D eigenvalue weighted by atomic mass is 31.3. The normalized spacial score (nSPS) is 23.9. The Balaban J connectivity index is 1.75. The minimum atomic E-state index is -5.69. The van der Waals surface area contributed by atoms with E-state index in [1.807, 2.05) is 0 Å². The van der Waals surface area contributed by atoms with Gasteiger partial charge in [-0.25, -0.2) is 13.7 Å². The van der Waals surface area contributed by atoms with Gasteiger partial charge in [0.05, 0.1) is 24.7 Å². The third kappa shape index (κ3) is 7.87. The van der Waals surface area contributed by atoms with Gasteiger partial charge < -0.3 is 44.1 Å². The number of hydrogen-bond acceptors (Lipinski definition) is 12. The fourth-order valence-corrected chi connectivity index (χ4v) is 6.26. The maximum absolute atomic E-state index is 12.1. The number of rotatable bonds is 13. The lowest BCUT2D eigenvalue weighted by Crippen LogP contribution is -2.29. The van der Waals surface area contributed by atoms with Gasteiger partial charge in [-0.15, -0.1) is 6.58 Å². The van der Waals surface area contributed by atoms with E-state index in [9.17, 15) is 28.3 Å². The Morgan fingerprint density at radius 1 is 1.25 bits per heavy atom.